The number of nitrogens with one attached hydrogen (secondary N) is 2. The molecule has 0 unspecified atom stereocenters. The standard InChI is InChI=1S/C17H23N3O2S/c21-15-4-2-11(8-18-15)7-16(22)20-17-19-14(9-23-17)13-6-10-1-3-12(13)5-10/h9-13H,1-8H2,(H,18,21)(H,19,20,22)/t10-,11+,12-,13-/m0/s1. The maximum Gasteiger partial charge on any atom is 0.226 e. The lowest BCUT2D eigenvalue weighted by atomic mass is 9.87. The van der Waals surface area contributed by atoms with Gasteiger partial charge in [-0.3, -0.25) is 9.59 Å². The number of piperidine rings is 1. The van der Waals surface area contributed by atoms with Gasteiger partial charge in [0.05, 0.1) is 5.69 Å². The molecule has 1 aromatic heterocycles. The van der Waals surface area contributed by atoms with Crippen LogP contribution in [0.3, 0.4) is 0 Å². The van der Waals surface area contributed by atoms with E-state index in [4.69, 9.17) is 0 Å². The van der Waals surface area contributed by atoms with Gasteiger partial charge < -0.3 is 10.6 Å². The molecule has 1 aromatic rings. The molecule has 2 amide bonds. The summed E-state index contributed by atoms with van der Waals surface area (Å²) in [7, 11) is 0. The molecule has 4 rings (SSSR count). The minimum atomic E-state index is 0.0139. The summed E-state index contributed by atoms with van der Waals surface area (Å²) in [5.41, 5.74) is 1.18. The van der Waals surface area contributed by atoms with Crippen LogP contribution in [0.15, 0.2) is 5.38 Å². The van der Waals surface area contributed by atoms with Gasteiger partial charge in [-0.2, -0.15) is 0 Å². The monoisotopic (exact) mass is 333 g/mol. The lowest BCUT2D eigenvalue weighted by Crippen LogP contribution is -2.36. The zero-order valence-corrected chi connectivity index (χ0v) is 14.0. The van der Waals surface area contributed by atoms with Crippen molar-refractivity contribution in [2.45, 2.75) is 50.9 Å². The highest BCUT2D eigenvalue weighted by Crippen LogP contribution is 2.52. The molecule has 23 heavy (non-hydrogen) atoms. The highest BCUT2D eigenvalue weighted by molar-refractivity contribution is 7.13. The Morgan fingerprint density at radius 3 is 2.96 bits per heavy atom. The molecule has 2 N–H and O–H groups in total. The highest BCUT2D eigenvalue weighted by atomic mass is 32.1. The van der Waals surface area contributed by atoms with E-state index in [1.807, 2.05) is 0 Å². The fourth-order valence-electron chi connectivity index (χ4n) is 4.51. The van der Waals surface area contributed by atoms with Crippen LogP contribution in [0.5, 0.6) is 0 Å². The maximum atomic E-state index is 12.2. The second kappa shape index (κ2) is 6.23. The topological polar surface area (TPSA) is 71.1 Å². The summed E-state index contributed by atoms with van der Waals surface area (Å²) < 4.78 is 0. The summed E-state index contributed by atoms with van der Waals surface area (Å²) in [6.07, 6.45) is 7.19. The first-order chi connectivity index (χ1) is 11.2. The molecule has 1 aliphatic heterocycles. The van der Waals surface area contributed by atoms with Gasteiger partial charge in [0.2, 0.25) is 11.8 Å². The van der Waals surface area contributed by atoms with Crippen molar-refractivity contribution in [2.24, 2.45) is 17.8 Å². The number of hydrogen-bond acceptors (Lipinski definition) is 4. The molecule has 2 aliphatic carbocycles. The Morgan fingerprint density at radius 2 is 2.26 bits per heavy atom. The number of fused-ring (bicyclic) bond motifs is 2. The smallest absolute Gasteiger partial charge is 0.226 e. The summed E-state index contributed by atoms with van der Waals surface area (Å²) >= 11 is 1.54. The van der Waals surface area contributed by atoms with Gasteiger partial charge in [0.25, 0.3) is 0 Å². The second-order valence-corrected chi connectivity index (χ2v) is 8.18. The van der Waals surface area contributed by atoms with Gasteiger partial charge in [-0.1, -0.05) is 6.42 Å². The Bertz CT molecular complexity index is 605. The second-order valence-electron chi connectivity index (χ2n) is 7.32. The van der Waals surface area contributed by atoms with Crippen LogP contribution in [0.2, 0.25) is 0 Å². The van der Waals surface area contributed by atoms with Crippen LogP contribution in [0.4, 0.5) is 5.13 Å². The predicted molar refractivity (Wildman–Crippen MR) is 89.3 cm³/mol. The maximum absolute atomic E-state index is 12.2. The van der Waals surface area contributed by atoms with E-state index in [0.29, 0.717) is 25.3 Å². The van der Waals surface area contributed by atoms with Crippen LogP contribution >= 0.6 is 11.3 Å². The lowest BCUT2D eigenvalue weighted by molar-refractivity contribution is -0.124. The summed E-state index contributed by atoms with van der Waals surface area (Å²) in [4.78, 5) is 28.0. The number of carbonyl (C=O) groups is 2. The average Bonchev–Trinajstić information content (AvgIpc) is 3.25. The number of nitrogens with zero attached hydrogens (tertiary/aromatic N) is 1. The van der Waals surface area contributed by atoms with E-state index in [2.05, 4.69) is 21.0 Å². The normalized spacial score (nSPS) is 32.8. The van der Waals surface area contributed by atoms with Gasteiger partial charge in [0.1, 0.15) is 0 Å². The number of thiazole rings is 1. The van der Waals surface area contributed by atoms with Crippen molar-refractivity contribution in [3.05, 3.63) is 11.1 Å². The molecule has 2 bridgehead atoms. The van der Waals surface area contributed by atoms with Gasteiger partial charge in [0.15, 0.2) is 5.13 Å². The third-order valence-corrected chi connectivity index (χ3v) is 6.50. The number of rotatable bonds is 4. The third-order valence-electron chi connectivity index (χ3n) is 5.73. The molecule has 2 heterocycles. The van der Waals surface area contributed by atoms with Gasteiger partial charge in [-0.25, -0.2) is 4.98 Å². The summed E-state index contributed by atoms with van der Waals surface area (Å²) in [6, 6.07) is 0. The van der Waals surface area contributed by atoms with Gasteiger partial charge in [0, 0.05) is 30.7 Å². The van der Waals surface area contributed by atoms with E-state index in [-0.39, 0.29) is 17.7 Å². The molecule has 0 radical (unpaired) electrons. The van der Waals surface area contributed by atoms with Crippen molar-refractivity contribution in [3.8, 4) is 0 Å². The zero-order valence-electron chi connectivity index (χ0n) is 13.2. The number of hydrogen-bond donors (Lipinski definition) is 2. The van der Waals surface area contributed by atoms with E-state index in [0.717, 1.165) is 23.4 Å². The number of carbonyl (C=O) groups excluding carboxylic acids is 2. The Morgan fingerprint density at radius 1 is 1.35 bits per heavy atom. The molecular weight excluding hydrogens is 310 g/mol. The molecule has 1 saturated heterocycles. The lowest BCUT2D eigenvalue weighted by Gasteiger charge is -2.21. The minimum Gasteiger partial charge on any atom is -0.356 e. The van der Waals surface area contributed by atoms with E-state index < -0.39 is 0 Å². The number of anilines is 1. The first-order valence-corrected chi connectivity index (χ1v) is 9.57. The largest absolute Gasteiger partial charge is 0.356 e. The summed E-state index contributed by atoms with van der Waals surface area (Å²) in [6.45, 7) is 0.612. The SMILES string of the molecule is O=C1CC[C@H](CC(=O)Nc2nc([C@H]3C[C@H]4CC[C@H]3C4)cs2)CN1. The van der Waals surface area contributed by atoms with Crippen molar-refractivity contribution in [3.63, 3.8) is 0 Å². The van der Waals surface area contributed by atoms with Crippen LogP contribution in [0.25, 0.3) is 0 Å². The summed E-state index contributed by atoms with van der Waals surface area (Å²) in [5, 5.41) is 8.63. The third kappa shape index (κ3) is 3.27. The molecule has 3 aliphatic rings. The van der Waals surface area contributed by atoms with Crippen LogP contribution in [-0.2, 0) is 9.59 Å². The molecule has 124 valence electrons. The molecule has 0 aromatic carbocycles. The number of amides is 2. The van der Waals surface area contributed by atoms with E-state index in [1.165, 1.54) is 31.4 Å². The Balaban J connectivity index is 1.31. The first-order valence-electron chi connectivity index (χ1n) is 8.69. The van der Waals surface area contributed by atoms with Crippen molar-refractivity contribution in [1.82, 2.24) is 10.3 Å². The molecule has 4 atom stereocenters. The van der Waals surface area contributed by atoms with Crippen LogP contribution in [-0.4, -0.2) is 23.3 Å². The van der Waals surface area contributed by atoms with Crippen LogP contribution < -0.4 is 10.6 Å². The predicted octanol–water partition coefficient (Wildman–Crippen LogP) is 2.90. The summed E-state index contributed by atoms with van der Waals surface area (Å²) in [5.74, 6) is 2.70. The molecule has 0 spiro atoms. The fraction of sp³-hybridized carbons (Fsp3) is 0.706. The quantitative estimate of drug-likeness (QED) is 0.890. The Labute approximate surface area is 140 Å². The van der Waals surface area contributed by atoms with Crippen molar-refractivity contribution >= 4 is 28.3 Å². The highest BCUT2D eigenvalue weighted by Gasteiger charge is 2.41. The van der Waals surface area contributed by atoms with Gasteiger partial charge in [-0.15, -0.1) is 11.3 Å². The first kappa shape index (κ1) is 15.1. The molecule has 2 saturated carbocycles. The molecule has 5 nitrogen and oxygen atoms in total. The van der Waals surface area contributed by atoms with Crippen LogP contribution in [0, 0.1) is 17.8 Å². The fourth-order valence-corrected chi connectivity index (χ4v) is 5.30. The zero-order chi connectivity index (χ0) is 15.8. The van der Waals surface area contributed by atoms with Gasteiger partial charge in [-0.05, 0) is 43.4 Å². The van der Waals surface area contributed by atoms with E-state index in [9.17, 15) is 9.59 Å². The van der Waals surface area contributed by atoms with Crippen molar-refractivity contribution in [1.29, 1.82) is 0 Å². The van der Waals surface area contributed by atoms with Crippen LogP contribution in [0.1, 0.15) is 56.6 Å². The van der Waals surface area contributed by atoms with Gasteiger partial charge >= 0.3 is 0 Å². The van der Waals surface area contributed by atoms with E-state index in [1.54, 1.807) is 11.3 Å². The van der Waals surface area contributed by atoms with Crippen molar-refractivity contribution < 1.29 is 9.59 Å². The number of aromatic nitrogens is 1. The molecular formula is C17H23N3O2S. The molecule has 6 heteroatoms. The van der Waals surface area contributed by atoms with Crippen molar-refractivity contribution in [2.75, 3.05) is 11.9 Å². The average molecular weight is 333 g/mol. The Kier molecular flexibility index (Phi) is 4.09. The minimum absolute atomic E-state index is 0.0139. The molecule has 3 fully saturated rings. The Hall–Kier alpha value is -1.43. The van der Waals surface area contributed by atoms with E-state index >= 15 is 0 Å².